The zero-order chi connectivity index (χ0) is 17.2. The molecular weight excluding hydrogens is 298 g/mol. The molecule has 0 unspecified atom stereocenters. The Kier molecular flexibility index (Phi) is 7.68. The number of benzene rings is 1. The Bertz CT molecular complexity index is 535. The molecule has 24 heavy (non-hydrogen) atoms. The highest BCUT2D eigenvalue weighted by atomic mass is 16.6. The number of hydrogen-bond acceptors (Lipinski definition) is 2. The predicted octanol–water partition coefficient (Wildman–Crippen LogP) is 5.15. The van der Waals surface area contributed by atoms with Gasteiger partial charge in [-0.05, 0) is 31.2 Å². The molecule has 2 atom stereocenters. The Hall–Kier alpha value is -1.95. The molecule has 0 aliphatic carbocycles. The molecule has 3 heteroatoms. The third-order valence-electron chi connectivity index (χ3n) is 4.74. The van der Waals surface area contributed by atoms with E-state index in [1.807, 2.05) is 35.2 Å². The molecule has 130 valence electrons. The predicted molar refractivity (Wildman–Crippen MR) is 97.5 cm³/mol. The molecule has 0 bridgehead atoms. The van der Waals surface area contributed by atoms with E-state index >= 15 is 0 Å². The van der Waals surface area contributed by atoms with Gasteiger partial charge in [0.2, 0.25) is 0 Å². The second kappa shape index (κ2) is 10.0. The minimum Gasteiger partial charge on any atom is -0.445 e. The first-order valence-electron chi connectivity index (χ1n) is 9.21. The summed E-state index contributed by atoms with van der Waals surface area (Å²) in [7, 11) is 0. The summed E-state index contributed by atoms with van der Waals surface area (Å²) in [6.45, 7) is 2.51. The third kappa shape index (κ3) is 5.30. The van der Waals surface area contributed by atoms with Gasteiger partial charge in [-0.2, -0.15) is 0 Å². The summed E-state index contributed by atoms with van der Waals surface area (Å²) in [6.07, 6.45) is 14.3. The number of terminal acetylenes is 1. The fourth-order valence-electron chi connectivity index (χ4n) is 3.40. The minimum atomic E-state index is -0.262. The van der Waals surface area contributed by atoms with Crippen LogP contribution in [-0.2, 0) is 11.3 Å². The highest BCUT2D eigenvalue weighted by Crippen LogP contribution is 2.27. The van der Waals surface area contributed by atoms with E-state index in [1.54, 1.807) is 0 Å². The molecule has 1 aliphatic rings. The van der Waals surface area contributed by atoms with Gasteiger partial charge in [-0.1, -0.05) is 68.9 Å². The number of rotatable bonds is 7. The molecule has 1 heterocycles. The van der Waals surface area contributed by atoms with Gasteiger partial charge in [0.25, 0.3) is 0 Å². The smallest absolute Gasteiger partial charge is 0.411 e. The molecule has 1 amide bonds. The molecule has 0 N–H and O–H groups in total. The number of carbonyl (C=O) groups is 1. The first kappa shape index (κ1) is 18.4. The van der Waals surface area contributed by atoms with Crippen LogP contribution in [0.1, 0.15) is 63.9 Å². The van der Waals surface area contributed by atoms with E-state index in [9.17, 15) is 4.79 Å². The summed E-state index contributed by atoms with van der Waals surface area (Å²) in [5, 5.41) is 0. The number of unbranched alkanes of at least 4 members (excludes halogenated alkanes) is 3. The molecule has 1 fully saturated rings. The van der Waals surface area contributed by atoms with Gasteiger partial charge >= 0.3 is 6.09 Å². The zero-order valence-electron chi connectivity index (χ0n) is 14.7. The monoisotopic (exact) mass is 327 g/mol. The van der Waals surface area contributed by atoms with E-state index in [0.29, 0.717) is 6.61 Å². The van der Waals surface area contributed by atoms with Crippen molar-refractivity contribution in [3.63, 3.8) is 0 Å². The number of piperidine rings is 1. The van der Waals surface area contributed by atoms with E-state index in [2.05, 4.69) is 12.8 Å². The van der Waals surface area contributed by atoms with Crippen LogP contribution in [0.25, 0.3) is 0 Å². The highest BCUT2D eigenvalue weighted by Gasteiger charge is 2.33. The third-order valence-corrected chi connectivity index (χ3v) is 4.74. The quantitative estimate of drug-likeness (QED) is 0.512. The van der Waals surface area contributed by atoms with Gasteiger partial charge in [0, 0.05) is 6.04 Å². The van der Waals surface area contributed by atoms with Gasteiger partial charge in [-0.15, -0.1) is 6.42 Å². The van der Waals surface area contributed by atoms with E-state index in [0.717, 1.165) is 37.7 Å². The second-order valence-corrected chi connectivity index (χ2v) is 6.56. The first-order valence-corrected chi connectivity index (χ1v) is 9.21. The van der Waals surface area contributed by atoms with Gasteiger partial charge in [0.15, 0.2) is 0 Å². The molecular formula is C21H29NO2. The Balaban J connectivity index is 1.94. The normalized spacial score (nSPS) is 20.4. The summed E-state index contributed by atoms with van der Waals surface area (Å²) in [5.74, 6) is 2.79. The van der Waals surface area contributed by atoms with Crippen LogP contribution < -0.4 is 0 Å². The van der Waals surface area contributed by atoms with E-state index in [-0.39, 0.29) is 18.2 Å². The van der Waals surface area contributed by atoms with E-state index < -0.39 is 0 Å². The number of hydrogen-bond donors (Lipinski definition) is 0. The Labute approximate surface area is 146 Å². The topological polar surface area (TPSA) is 29.5 Å². The first-order chi connectivity index (χ1) is 11.8. The molecule has 0 radical (unpaired) electrons. The molecule has 1 aromatic rings. The number of likely N-dealkylation sites (tertiary alicyclic amines) is 1. The molecule has 0 aromatic heterocycles. The molecule has 1 saturated heterocycles. The SMILES string of the molecule is C#C[C@H]1CCC[C@@H](CCCCCC)N1C(=O)OCc1ccccc1. The molecule has 0 saturated carbocycles. The van der Waals surface area contributed by atoms with Gasteiger partial charge in [-0.25, -0.2) is 4.79 Å². The largest absolute Gasteiger partial charge is 0.445 e. The number of ether oxygens (including phenoxy) is 1. The zero-order valence-corrected chi connectivity index (χ0v) is 14.7. The lowest BCUT2D eigenvalue weighted by Crippen LogP contribution is -2.49. The van der Waals surface area contributed by atoms with Crippen LogP contribution in [0.5, 0.6) is 0 Å². The highest BCUT2D eigenvalue weighted by molar-refractivity contribution is 5.69. The molecule has 0 spiro atoms. The van der Waals surface area contributed by atoms with Crippen molar-refractivity contribution in [2.45, 2.75) is 77.0 Å². The average molecular weight is 327 g/mol. The lowest BCUT2D eigenvalue weighted by Gasteiger charge is -2.39. The fraction of sp³-hybridized carbons (Fsp3) is 0.571. The van der Waals surface area contributed by atoms with Crippen molar-refractivity contribution in [2.24, 2.45) is 0 Å². The van der Waals surface area contributed by atoms with Crippen molar-refractivity contribution in [1.29, 1.82) is 0 Å². The van der Waals surface area contributed by atoms with E-state index in [4.69, 9.17) is 11.2 Å². The van der Waals surface area contributed by atoms with Gasteiger partial charge in [0.05, 0.1) is 6.04 Å². The van der Waals surface area contributed by atoms with Gasteiger partial charge < -0.3 is 4.74 Å². The maximum atomic E-state index is 12.6. The summed E-state index contributed by atoms with van der Waals surface area (Å²) >= 11 is 0. The number of nitrogens with zero attached hydrogens (tertiary/aromatic N) is 1. The maximum absolute atomic E-state index is 12.6. The van der Waals surface area contributed by atoms with Crippen molar-refractivity contribution in [3.8, 4) is 12.3 Å². The molecule has 1 aromatic carbocycles. The van der Waals surface area contributed by atoms with Crippen LogP contribution in [0.15, 0.2) is 30.3 Å². The molecule has 1 aliphatic heterocycles. The lowest BCUT2D eigenvalue weighted by atomic mass is 9.92. The van der Waals surface area contributed by atoms with Crippen LogP contribution in [0, 0.1) is 12.3 Å². The summed E-state index contributed by atoms with van der Waals surface area (Å²) in [6, 6.07) is 9.87. The summed E-state index contributed by atoms with van der Waals surface area (Å²) < 4.78 is 5.55. The van der Waals surface area contributed by atoms with Crippen molar-refractivity contribution < 1.29 is 9.53 Å². The second-order valence-electron chi connectivity index (χ2n) is 6.56. The standard InChI is InChI=1S/C21H29NO2/c1-3-5-6-10-14-20-16-11-15-19(4-2)22(20)21(23)24-17-18-12-8-7-9-13-18/h2,7-9,12-13,19-20H,3,5-6,10-11,14-17H2,1H3/t19-,20+/m0/s1. The van der Waals surface area contributed by atoms with Crippen molar-refractivity contribution in [3.05, 3.63) is 35.9 Å². The fourth-order valence-corrected chi connectivity index (χ4v) is 3.40. The number of carbonyl (C=O) groups excluding carboxylic acids is 1. The van der Waals surface area contributed by atoms with Crippen molar-refractivity contribution >= 4 is 6.09 Å². The van der Waals surface area contributed by atoms with Crippen LogP contribution in [0.3, 0.4) is 0 Å². The number of amides is 1. The van der Waals surface area contributed by atoms with Crippen LogP contribution >= 0.6 is 0 Å². The van der Waals surface area contributed by atoms with Crippen LogP contribution in [0.4, 0.5) is 4.79 Å². The van der Waals surface area contributed by atoms with Crippen LogP contribution in [0.2, 0.25) is 0 Å². The molecule has 3 nitrogen and oxygen atoms in total. The summed E-state index contributed by atoms with van der Waals surface area (Å²) in [5.41, 5.74) is 1.000. The summed E-state index contributed by atoms with van der Waals surface area (Å²) in [4.78, 5) is 14.5. The minimum absolute atomic E-state index is 0.127. The Morgan fingerprint density at radius 3 is 2.75 bits per heavy atom. The van der Waals surface area contributed by atoms with Crippen molar-refractivity contribution in [1.82, 2.24) is 4.90 Å². The molecule has 2 rings (SSSR count). The maximum Gasteiger partial charge on any atom is 0.411 e. The van der Waals surface area contributed by atoms with Crippen molar-refractivity contribution in [2.75, 3.05) is 0 Å². The van der Waals surface area contributed by atoms with E-state index in [1.165, 1.54) is 19.3 Å². The Morgan fingerprint density at radius 2 is 2.04 bits per heavy atom. The Morgan fingerprint density at radius 1 is 1.25 bits per heavy atom. The average Bonchev–Trinajstić information content (AvgIpc) is 2.63. The lowest BCUT2D eigenvalue weighted by molar-refractivity contribution is 0.0519. The van der Waals surface area contributed by atoms with Gasteiger partial charge in [0.1, 0.15) is 6.61 Å². The van der Waals surface area contributed by atoms with Crippen LogP contribution in [-0.4, -0.2) is 23.1 Å². The van der Waals surface area contributed by atoms with Gasteiger partial charge in [-0.3, -0.25) is 4.90 Å².